The second kappa shape index (κ2) is 4.72. The van der Waals surface area contributed by atoms with Crippen molar-refractivity contribution in [2.24, 2.45) is 0 Å². The third-order valence-corrected chi connectivity index (χ3v) is 3.01. The summed E-state index contributed by atoms with van der Waals surface area (Å²) in [7, 11) is 1.98. The lowest BCUT2D eigenvalue weighted by molar-refractivity contribution is 0.529. The number of rotatable bonds is 3. The van der Waals surface area contributed by atoms with Gasteiger partial charge in [-0.3, -0.25) is 0 Å². The van der Waals surface area contributed by atoms with Gasteiger partial charge in [0, 0.05) is 24.2 Å². The van der Waals surface area contributed by atoms with Gasteiger partial charge in [0.05, 0.1) is 17.6 Å². The summed E-state index contributed by atoms with van der Waals surface area (Å²) in [6.45, 7) is 2.69. The van der Waals surface area contributed by atoms with Crippen LogP contribution in [0, 0.1) is 6.92 Å². The summed E-state index contributed by atoms with van der Waals surface area (Å²) < 4.78 is 5.27. The molecule has 1 heterocycles. The van der Waals surface area contributed by atoms with Crippen LogP contribution >= 0.6 is 11.6 Å². The summed E-state index contributed by atoms with van der Waals surface area (Å²) in [5, 5.41) is 0.685. The first kappa shape index (κ1) is 11.9. The summed E-state index contributed by atoms with van der Waals surface area (Å²) in [6.07, 6.45) is 1.69. The van der Waals surface area contributed by atoms with Crippen LogP contribution in [0.2, 0.25) is 5.02 Å². The molecule has 0 aliphatic rings. The number of nitrogens with two attached hydrogens (primary N) is 1. The SMILES string of the molecule is Cc1occc1CN(C)c1cc(Cl)ccc1N. The second-order valence-corrected chi connectivity index (χ2v) is 4.50. The number of furan rings is 1. The third kappa shape index (κ3) is 2.56. The highest BCUT2D eigenvalue weighted by Crippen LogP contribution is 2.27. The van der Waals surface area contributed by atoms with Gasteiger partial charge >= 0.3 is 0 Å². The van der Waals surface area contributed by atoms with E-state index in [9.17, 15) is 0 Å². The van der Waals surface area contributed by atoms with E-state index in [-0.39, 0.29) is 0 Å². The average Bonchev–Trinajstić information content (AvgIpc) is 2.68. The zero-order chi connectivity index (χ0) is 12.4. The van der Waals surface area contributed by atoms with Crippen LogP contribution in [-0.4, -0.2) is 7.05 Å². The van der Waals surface area contributed by atoms with Gasteiger partial charge in [0.2, 0.25) is 0 Å². The molecule has 0 amide bonds. The van der Waals surface area contributed by atoms with Gasteiger partial charge in [-0.25, -0.2) is 0 Å². The number of halogens is 1. The zero-order valence-corrected chi connectivity index (χ0v) is 10.7. The minimum atomic E-state index is 0.685. The number of hydrogen-bond acceptors (Lipinski definition) is 3. The Balaban J connectivity index is 2.23. The predicted octanol–water partition coefficient (Wildman–Crippen LogP) is 3.46. The second-order valence-electron chi connectivity index (χ2n) is 4.06. The molecule has 1 aromatic carbocycles. The lowest BCUT2D eigenvalue weighted by atomic mass is 10.2. The van der Waals surface area contributed by atoms with Crippen LogP contribution in [0.25, 0.3) is 0 Å². The van der Waals surface area contributed by atoms with E-state index >= 15 is 0 Å². The van der Waals surface area contributed by atoms with E-state index in [4.69, 9.17) is 21.8 Å². The van der Waals surface area contributed by atoms with Gasteiger partial charge < -0.3 is 15.1 Å². The van der Waals surface area contributed by atoms with E-state index in [1.165, 1.54) is 0 Å². The van der Waals surface area contributed by atoms with Crippen molar-refractivity contribution in [3.63, 3.8) is 0 Å². The Kier molecular flexibility index (Phi) is 3.29. The largest absolute Gasteiger partial charge is 0.469 e. The number of hydrogen-bond donors (Lipinski definition) is 1. The molecule has 0 aliphatic heterocycles. The third-order valence-electron chi connectivity index (χ3n) is 2.78. The molecular formula is C13H15ClN2O. The molecule has 0 saturated heterocycles. The van der Waals surface area contributed by atoms with E-state index in [1.54, 1.807) is 12.3 Å². The van der Waals surface area contributed by atoms with Gasteiger partial charge in [0.15, 0.2) is 0 Å². The van der Waals surface area contributed by atoms with Crippen LogP contribution in [0.4, 0.5) is 11.4 Å². The van der Waals surface area contributed by atoms with Crippen molar-refractivity contribution in [1.29, 1.82) is 0 Å². The normalized spacial score (nSPS) is 10.5. The molecule has 0 spiro atoms. The number of benzene rings is 1. The van der Waals surface area contributed by atoms with E-state index in [2.05, 4.69) is 4.90 Å². The molecule has 0 atom stereocenters. The van der Waals surface area contributed by atoms with Crippen molar-refractivity contribution in [2.45, 2.75) is 13.5 Å². The van der Waals surface area contributed by atoms with Crippen LogP contribution in [-0.2, 0) is 6.54 Å². The molecule has 17 heavy (non-hydrogen) atoms. The fourth-order valence-electron chi connectivity index (χ4n) is 1.76. The standard InChI is InChI=1S/C13H15ClN2O/c1-9-10(5-6-17-9)8-16(2)13-7-11(14)3-4-12(13)15/h3-7H,8,15H2,1-2H3. The Morgan fingerprint density at radius 1 is 1.35 bits per heavy atom. The van der Waals surface area contributed by atoms with Crippen molar-refractivity contribution in [1.82, 2.24) is 0 Å². The topological polar surface area (TPSA) is 42.4 Å². The molecule has 2 rings (SSSR count). The zero-order valence-electron chi connectivity index (χ0n) is 9.90. The maximum absolute atomic E-state index is 5.97. The van der Waals surface area contributed by atoms with Gasteiger partial charge in [0.25, 0.3) is 0 Å². The van der Waals surface area contributed by atoms with Gasteiger partial charge in [-0.1, -0.05) is 11.6 Å². The summed E-state index contributed by atoms with van der Waals surface area (Å²) in [5.74, 6) is 0.928. The molecule has 3 nitrogen and oxygen atoms in total. The van der Waals surface area contributed by atoms with Crippen LogP contribution in [0.1, 0.15) is 11.3 Å². The Hall–Kier alpha value is -1.61. The number of anilines is 2. The minimum absolute atomic E-state index is 0.685. The van der Waals surface area contributed by atoms with Crippen molar-refractivity contribution >= 4 is 23.0 Å². The van der Waals surface area contributed by atoms with Gasteiger partial charge in [-0.2, -0.15) is 0 Å². The fraction of sp³-hybridized carbons (Fsp3) is 0.231. The van der Waals surface area contributed by atoms with Gasteiger partial charge in [-0.15, -0.1) is 0 Å². The first-order chi connectivity index (χ1) is 8.08. The molecule has 90 valence electrons. The molecule has 2 N–H and O–H groups in total. The average molecular weight is 251 g/mol. The molecule has 1 aromatic heterocycles. The molecule has 0 saturated carbocycles. The number of aryl methyl sites for hydroxylation is 1. The Morgan fingerprint density at radius 2 is 2.12 bits per heavy atom. The van der Waals surface area contributed by atoms with Crippen LogP contribution in [0.5, 0.6) is 0 Å². The molecule has 0 radical (unpaired) electrons. The number of nitrogens with zero attached hydrogens (tertiary/aromatic N) is 1. The first-order valence-corrected chi connectivity index (χ1v) is 5.75. The predicted molar refractivity (Wildman–Crippen MR) is 71.4 cm³/mol. The van der Waals surface area contributed by atoms with E-state index < -0.39 is 0 Å². The molecule has 0 fully saturated rings. The highest BCUT2D eigenvalue weighted by Gasteiger charge is 2.09. The highest BCUT2D eigenvalue weighted by atomic mass is 35.5. The van der Waals surface area contributed by atoms with Gasteiger partial charge in [0.1, 0.15) is 5.76 Å². The Morgan fingerprint density at radius 3 is 2.76 bits per heavy atom. The van der Waals surface area contributed by atoms with Crippen molar-refractivity contribution in [2.75, 3.05) is 17.7 Å². The van der Waals surface area contributed by atoms with E-state index in [1.807, 2.05) is 32.2 Å². The quantitative estimate of drug-likeness (QED) is 0.849. The molecule has 2 aromatic rings. The smallest absolute Gasteiger partial charge is 0.105 e. The maximum Gasteiger partial charge on any atom is 0.105 e. The fourth-order valence-corrected chi connectivity index (χ4v) is 1.93. The van der Waals surface area contributed by atoms with Crippen LogP contribution < -0.4 is 10.6 Å². The minimum Gasteiger partial charge on any atom is -0.469 e. The highest BCUT2D eigenvalue weighted by molar-refractivity contribution is 6.31. The Labute approximate surface area is 106 Å². The molecule has 0 aliphatic carbocycles. The van der Waals surface area contributed by atoms with Crippen LogP contribution in [0.3, 0.4) is 0 Å². The van der Waals surface area contributed by atoms with Crippen molar-refractivity contribution < 1.29 is 4.42 Å². The Bertz CT molecular complexity index is 522. The summed E-state index contributed by atoms with van der Waals surface area (Å²) in [5.41, 5.74) is 8.73. The van der Waals surface area contributed by atoms with E-state index in [0.717, 1.165) is 29.2 Å². The number of nitrogen functional groups attached to an aromatic ring is 1. The maximum atomic E-state index is 5.97. The summed E-state index contributed by atoms with van der Waals surface area (Å²) in [6, 6.07) is 7.44. The first-order valence-electron chi connectivity index (χ1n) is 5.37. The van der Waals surface area contributed by atoms with Crippen LogP contribution in [0.15, 0.2) is 34.9 Å². The summed E-state index contributed by atoms with van der Waals surface area (Å²) in [4.78, 5) is 2.05. The monoisotopic (exact) mass is 250 g/mol. The molecule has 0 unspecified atom stereocenters. The van der Waals surface area contributed by atoms with Crippen molar-refractivity contribution in [3.8, 4) is 0 Å². The molecule has 4 heteroatoms. The van der Waals surface area contributed by atoms with Crippen molar-refractivity contribution in [3.05, 3.63) is 46.9 Å². The molecule has 0 bridgehead atoms. The van der Waals surface area contributed by atoms with Gasteiger partial charge in [-0.05, 0) is 31.2 Å². The molecular weight excluding hydrogens is 236 g/mol. The lowest BCUT2D eigenvalue weighted by Crippen LogP contribution is -2.17. The lowest BCUT2D eigenvalue weighted by Gasteiger charge is -2.21. The van der Waals surface area contributed by atoms with E-state index in [0.29, 0.717) is 5.02 Å². The summed E-state index contributed by atoms with van der Waals surface area (Å²) >= 11 is 5.97.